The summed E-state index contributed by atoms with van der Waals surface area (Å²) in [7, 11) is 0. The molecule has 0 amide bonds. The molecule has 2 aromatic rings. The molecule has 0 saturated carbocycles. The molecule has 0 unspecified atom stereocenters. The Labute approximate surface area is 103 Å². The number of aryl methyl sites for hydroxylation is 2. The van der Waals surface area contributed by atoms with Gasteiger partial charge in [0.15, 0.2) is 0 Å². The molecule has 0 bridgehead atoms. The lowest BCUT2D eigenvalue weighted by molar-refractivity contribution is 0.477. The van der Waals surface area contributed by atoms with E-state index in [1.807, 2.05) is 25.1 Å². The van der Waals surface area contributed by atoms with E-state index in [9.17, 15) is 5.11 Å². The molecule has 0 fully saturated rings. The lowest BCUT2D eigenvalue weighted by Crippen LogP contribution is -1.86. The maximum Gasteiger partial charge on any atom is 0.123 e. The molecule has 0 heterocycles. The molecule has 0 radical (unpaired) electrons. The maximum atomic E-state index is 9.91. The molecule has 0 aliphatic carbocycles. The third-order valence-corrected chi connectivity index (χ3v) is 2.93. The van der Waals surface area contributed by atoms with Gasteiger partial charge in [-0.3, -0.25) is 0 Å². The number of benzene rings is 2. The SMILES string of the molecule is CCCc1cccc(-c2cc(C)ccc2O)c1. The van der Waals surface area contributed by atoms with Gasteiger partial charge in [-0.25, -0.2) is 0 Å². The highest BCUT2D eigenvalue weighted by molar-refractivity contribution is 5.71. The maximum absolute atomic E-state index is 9.91. The average Bonchev–Trinajstić information content (AvgIpc) is 2.33. The fraction of sp³-hybridized carbons (Fsp3) is 0.250. The molecule has 2 aromatic carbocycles. The van der Waals surface area contributed by atoms with E-state index < -0.39 is 0 Å². The van der Waals surface area contributed by atoms with Crippen molar-refractivity contribution in [3.63, 3.8) is 0 Å². The van der Waals surface area contributed by atoms with Crippen molar-refractivity contribution in [1.82, 2.24) is 0 Å². The minimum absolute atomic E-state index is 0.351. The molecule has 2 rings (SSSR count). The fourth-order valence-electron chi connectivity index (χ4n) is 2.06. The van der Waals surface area contributed by atoms with Gasteiger partial charge in [0, 0.05) is 5.56 Å². The van der Waals surface area contributed by atoms with Crippen molar-refractivity contribution in [2.75, 3.05) is 0 Å². The summed E-state index contributed by atoms with van der Waals surface area (Å²) in [5.41, 5.74) is 4.50. The van der Waals surface area contributed by atoms with Crippen LogP contribution in [0.5, 0.6) is 5.75 Å². The van der Waals surface area contributed by atoms with Gasteiger partial charge in [-0.1, -0.05) is 49.2 Å². The highest BCUT2D eigenvalue weighted by Crippen LogP contribution is 2.30. The van der Waals surface area contributed by atoms with Crippen LogP contribution in [0.25, 0.3) is 11.1 Å². The average molecular weight is 226 g/mol. The summed E-state index contributed by atoms with van der Waals surface area (Å²) in [4.78, 5) is 0. The van der Waals surface area contributed by atoms with E-state index in [2.05, 4.69) is 25.1 Å². The zero-order valence-corrected chi connectivity index (χ0v) is 10.4. The van der Waals surface area contributed by atoms with Gasteiger partial charge in [0.25, 0.3) is 0 Å². The van der Waals surface area contributed by atoms with Gasteiger partial charge >= 0.3 is 0 Å². The second kappa shape index (κ2) is 5.05. The molecule has 0 aliphatic heterocycles. The van der Waals surface area contributed by atoms with Crippen LogP contribution in [0.15, 0.2) is 42.5 Å². The summed E-state index contributed by atoms with van der Waals surface area (Å²) in [6.07, 6.45) is 2.23. The van der Waals surface area contributed by atoms with E-state index in [0.717, 1.165) is 24.0 Å². The first-order chi connectivity index (χ1) is 8.20. The summed E-state index contributed by atoms with van der Waals surface area (Å²) >= 11 is 0. The fourth-order valence-corrected chi connectivity index (χ4v) is 2.06. The van der Waals surface area contributed by atoms with Crippen LogP contribution in [0.1, 0.15) is 24.5 Å². The van der Waals surface area contributed by atoms with Crippen molar-refractivity contribution < 1.29 is 5.11 Å². The molecule has 17 heavy (non-hydrogen) atoms. The van der Waals surface area contributed by atoms with Crippen molar-refractivity contribution in [1.29, 1.82) is 0 Å². The number of rotatable bonds is 3. The molecular weight excluding hydrogens is 208 g/mol. The number of phenols is 1. The quantitative estimate of drug-likeness (QED) is 0.826. The first kappa shape index (κ1) is 11.7. The van der Waals surface area contributed by atoms with E-state index in [0.29, 0.717) is 5.75 Å². The van der Waals surface area contributed by atoms with Crippen LogP contribution in [0.4, 0.5) is 0 Å². The number of hydrogen-bond donors (Lipinski definition) is 1. The largest absolute Gasteiger partial charge is 0.507 e. The van der Waals surface area contributed by atoms with Crippen LogP contribution in [-0.4, -0.2) is 5.11 Å². The second-order valence-corrected chi connectivity index (χ2v) is 4.47. The first-order valence-electron chi connectivity index (χ1n) is 6.09. The van der Waals surface area contributed by atoms with Crippen molar-refractivity contribution in [3.8, 4) is 16.9 Å². The molecule has 0 atom stereocenters. The Hall–Kier alpha value is -1.76. The normalized spacial score (nSPS) is 10.5. The van der Waals surface area contributed by atoms with Gasteiger partial charge in [0.1, 0.15) is 5.75 Å². The minimum Gasteiger partial charge on any atom is -0.507 e. The second-order valence-electron chi connectivity index (χ2n) is 4.47. The van der Waals surface area contributed by atoms with Gasteiger partial charge in [-0.05, 0) is 36.6 Å². The summed E-state index contributed by atoms with van der Waals surface area (Å²) < 4.78 is 0. The highest BCUT2D eigenvalue weighted by Gasteiger charge is 2.04. The smallest absolute Gasteiger partial charge is 0.123 e. The van der Waals surface area contributed by atoms with Gasteiger partial charge in [-0.2, -0.15) is 0 Å². The Bertz CT molecular complexity index is 515. The van der Waals surface area contributed by atoms with Crippen molar-refractivity contribution in [2.45, 2.75) is 26.7 Å². The van der Waals surface area contributed by atoms with Gasteiger partial charge in [0.05, 0.1) is 0 Å². The van der Waals surface area contributed by atoms with E-state index in [4.69, 9.17) is 0 Å². The highest BCUT2D eigenvalue weighted by atomic mass is 16.3. The van der Waals surface area contributed by atoms with E-state index in [1.54, 1.807) is 6.07 Å². The third kappa shape index (κ3) is 2.68. The molecule has 0 saturated heterocycles. The Kier molecular flexibility index (Phi) is 3.48. The van der Waals surface area contributed by atoms with Crippen LogP contribution < -0.4 is 0 Å². The summed E-state index contributed by atoms with van der Waals surface area (Å²) in [6, 6.07) is 14.1. The van der Waals surface area contributed by atoms with Crippen molar-refractivity contribution >= 4 is 0 Å². The van der Waals surface area contributed by atoms with Crippen LogP contribution in [0, 0.1) is 6.92 Å². The van der Waals surface area contributed by atoms with E-state index in [1.165, 1.54) is 11.1 Å². The Morgan fingerprint density at radius 2 is 1.88 bits per heavy atom. The third-order valence-electron chi connectivity index (χ3n) is 2.93. The number of phenolic OH excluding ortho intramolecular Hbond substituents is 1. The molecule has 1 N–H and O–H groups in total. The predicted octanol–water partition coefficient (Wildman–Crippen LogP) is 4.32. The van der Waals surface area contributed by atoms with Crippen molar-refractivity contribution in [2.24, 2.45) is 0 Å². The van der Waals surface area contributed by atoms with E-state index >= 15 is 0 Å². The number of hydrogen-bond acceptors (Lipinski definition) is 1. The van der Waals surface area contributed by atoms with Gasteiger partial charge in [-0.15, -0.1) is 0 Å². The first-order valence-corrected chi connectivity index (χ1v) is 6.09. The molecule has 1 nitrogen and oxygen atoms in total. The van der Waals surface area contributed by atoms with Crippen LogP contribution in [-0.2, 0) is 6.42 Å². The lowest BCUT2D eigenvalue weighted by Gasteiger charge is -2.08. The lowest BCUT2D eigenvalue weighted by atomic mass is 9.99. The molecule has 0 aliphatic rings. The van der Waals surface area contributed by atoms with Crippen LogP contribution >= 0.6 is 0 Å². The van der Waals surface area contributed by atoms with E-state index in [-0.39, 0.29) is 0 Å². The minimum atomic E-state index is 0.351. The summed E-state index contributed by atoms with van der Waals surface area (Å²) in [5.74, 6) is 0.351. The predicted molar refractivity (Wildman–Crippen MR) is 72.3 cm³/mol. The molecule has 0 spiro atoms. The zero-order chi connectivity index (χ0) is 12.3. The van der Waals surface area contributed by atoms with Crippen LogP contribution in [0.2, 0.25) is 0 Å². The zero-order valence-electron chi connectivity index (χ0n) is 10.4. The topological polar surface area (TPSA) is 20.2 Å². The molecule has 0 aromatic heterocycles. The Balaban J connectivity index is 2.45. The monoisotopic (exact) mass is 226 g/mol. The van der Waals surface area contributed by atoms with Crippen LogP contribution in [0.3, 0.4) is 0 Å². The summed E-state index contributed by atoms with van der Waals surface area (Å²) in [5, 5.41) is 9.91. The Morgan fingerprint density at radius 1 is 1.06 bits per heavy atom. The molecular formula is C16H18O. The van der Waals surface area contributed by atoms with Crippen molar-refractivity contribution in [3.05, 3.63) is 53.6 Å². The number of aromatic hydroxyl groups is 1. The molecule has 88 valence electrons. The molecule has 1 heteroatoms. The van der Waals surface area contributed by atoms with Gasteiger partial charge in [0.2, 0.25) is 0 Å². The standard InChI is InChI=1S/C16H18O/c1-3-5-13-6-4-7-14(11-13)15-10-12(2)8-9-16(15)17/h4,6-11,17H,3,5H2,1-2H3. The summed E-state index contributed by atoms with van der Waals surface area (Å²) in [6.45, 7) is 4.22. The van der Waals surface area contributed by atoms with Gasteiger partial charge < -0.3 is 5.11 Å². The Morgan fingerprint density at radius 3 is 2.65 bits per heavy atom.